The van der Waals surface area contributed by atoms with Crippen molar-refractivity contribution in [3.63, 3.8) is 0 Å². The van der Waals surface area contributed by atoms with Crippen LogP contribution >= 0.6 is 0 Å². The predicted octanol–water partition coefficient (Wildman–Crippen LogP) is 3.52. The number of rotatable bonds is 5. The first-order valence-electron chi connectivity index (χ1n) is 6.07. The largest absolute Gasteiger partial charge is 0.369 e. The van der Waals surface area contributed by atoms with Crippen molar-refractivity contribution in [2.75, 3.05) is 0 Å². The van der Waals surface area contributed by atoms with Crippen molar-refractivity contribution in [1.29, 1.82) is 0 Å². The SMILES string of the molecule is CCCCCCC1CCC[C@H]2O[C@@H]12. The molecule has 2 fully saturated rings. The van der Waals surface area contributed by atoms with Crippen molar-refractivity contribution < 1.29 is 4.74 Å². The zero-order valence-electron chi connectivity index (χ0n) is 8.80. The van der Waals surface area contributed by atoms with Crippen molar-refractivity contribution >= 4 is 0 Å². The van der Waals surface area contributed by atoms with Gasteiger partial charge in [0.15, 0.2) is 0 Å². The number of unbranched alkanes of at least 4 members (excludes halogenated alkanes) is 3. The molecule has 0 aromatic heterocycles. The molecule has 1 saturated heterocycles. The Kier molecular flexibility index (Phi) is 3.26. The van der Waals surface area contributed by atoms with Crippen LogP contribution < -0.4 is 0 Å². The van der Waals surface area contributed by atoms with E-state index in [0.29, 0.717) is 12.2 Å². The van der Waals surface area contributed by atoms with E-state index >= 15 is 0 Å². The number of epoxide rings is 1. The zero-order chi connectivity index (χ0) is 9.10. The molecule has 0 aromatic rings. The summed E-state index contributed by atoms with van der Waals surface area (Å²) >= 11 is 0. The quantitative estimate of drug-likeness (QED) is 0.468. The number of hydrogen-bond acceptors (Lipinski definition) is 1. The van der Waals surface area contributed by atoms with Gasteiger partial charge in [-0.15, -0.1) is 0 Å². The Morgan fingerprint density at radius 1 is 1.15 bits per heavy atom. The van der Waals surface area contributed by atoms with Crippen LogP contribution in [0.2, 0.25) is 0 Å². The number of fused-ring (bicyclic) bond motifs is 1. The molecule has 1 saturated carbocycles. The van der Waals surface area contributed by atoms with Gasteiger partial charge in [0.05, 0.1) is 12.2 Å². The molecule has 1 aliphatic heterocycles. The van der Waals surface area contributed by atoms with Gasteiger partial charge in [0.2, 0.25) is 0 Å². The van der Waals surface area contributed by atoms with Crippen LogP contribution in [-0.4, -0.2) is 12.2 Å². The minimum absolute atomic E-state index is 0.685. The van der Waals surface area contributed by atoms with E-state index in [1.165, 1.54) is 51.4 Å². The highest BCUT2D eigenvalue weighted by Crippen LogP contribution is 2.42. The van der Waals surface area contributed by atoms with E-state index in [1.54, 1.807) is 0 Å². The lowest BCUT2D eigenvalue weighted by atomic mass is 9.85. The number of hydrogen-bond donors (Lipinski definition) is 0. The first kappa shape index (κ1) is 9.51. The molecule has 1 heterocycles. The lowest BCUT2D eigenvalue weighted by molar-refractivity contribution is 0.302. The fraction of sp³-hybridized carbons (Fsp3) is 1.00. The molecule has 0 amide bonds. The zero-order valence-corrected chi connectivity index (χ0v) is 8.80. The maximum atomic E-state index is 5.65. The van der Waals surface area contributed by atoms with E-state index in [1.807, 2.05) is 0 Å². The van der Waals surface area contributed by atoms with Gasteiger partial charge < -0.3 is 4.74 Å². The van der Waals surface area contributed by atoms with Crippen LogP contribution in [0, 0.1) is 5.92 Å². The molecule has 0 N–H and O–H groups in total. The third-order valence-corrected chi connectivity index (χ3v) is 3.58. The molecule has 1 unspecified atom stereocenters. The normalized spacial score (nSPS) is 37.2. The van der Waals surface area contributed by atoms with E-state index in [-0.39, 0.29) is 0 Å². The topological polar surface area (TPSA) is 12.5 Å². The molecule has 0 aromatic carbocycles. The fourth-order valence-corrected chi connectivity index (χ4v) is 2.69. The Morgan fingerprint density at radius 3 is 2.92 bits per heavy atom. The van der Waals surface area contributed by atoms with Gasteiger partial charge in [-0.05, 0) is 25.2 Å². The molecule has 0 radical (unpaired) electrons. The molecular formula is C12H22O. The van der Waals surface area contributed by atoms with Gasteiger partial charge in [-0.25, -0.2) is 0 Å². The highest BCUT2D eigenvalue weighted by Gasteiger charge is 2.46. The summed E-state index contributed by atoms with van der Waals surface area (Å²) in [6.07, 6.45) is 12.6. The van der Waals surface area contributed by atoms with E-state index in [4.69, 9.17) is 4.74 Å². The molecule has 0 spiro atoms. The standard InChI is InChI=1S/C12H22O/c1-2-3-4-5-7-10-8-6-9-11-12(10)13-11/h10-12H,2-9H2,1H3/t10?,11-,12+/m1/s1. The van der Waals surface area contributed by atoms with E-state index in [0.717, 1.165) is 5.92 Å². The third-order valence-electron chi connectivity index (χ3n) is 3.58. The highest BCUT2D eigenvalue weighted by molar-refractivity contribution is 4.94. The second-order valence-electron chi connectivity index (χ2n) is 4.68. The Labute approximate surface area is 81.9 Å². The van der Waals surface area contributed by atoms with Gasteiger partial charge in [0, 0.05) is 0 Å². The minimum atomic E-state index is 0.685. The van der Waals surface area contributed by atoms with Gasteiger partial charge in [-0.2, -0.15) is 0 Å². The lowest BCUT2D eigenvalue weighted by Crippen LogP contribution is -2.15. The summed E-state index contributed by atoms with van der Waals surface area (Å²) < 4.78 is 5.65. The van der Waals surface area contributed by atoms with Crippen molar-refractivity contribution in [3.8, 4) is 0 Å². The van der Waals surface area contributed by atoms with Gasteiger partial charge in [0.1, 0.15) is 0 Å². The average Bonchev–Trinajstić information content (AvgIpc) is 2.91. The molecular weight excluding hydrogens is 160 g/mol. The van der Waals surface area contributed by atoms with E-state index < -0.39 is 0 Å². The summed E-state index contributed by atoms with van der Waals surface area (Å²) in [5, 5.41) is 0. The van der Waals surface area contributed by atoms with Gasteiger partial charge in [-0.1, -0.05) is 39.0 Å². The molecule has 1 heteroatoms. The highest BCUT2D eigenvalue weighted by atomic mass is 16.6. The average molecular weight is 182 g/mol. The Bertz CT molecular complexity index is 155. The molecule has 76 valence electrons. The van der Waals surface area contributed by atoms with Gasteiger partial charge in [0.25, 0.3) is 0 Å². The Balaban J connectivity index is 1.59. The van der Waals surface area contributed by atoms with Crippen molar-refractivity contribution in [3.05, 3.63) is 0 Å². The molecule has 13 heavy (non-hydrogen) atoms. The molecule has 1 aliphatic carbocycles. The molecule has 2 rings (SSSR count). The summed E-state index contributed by atoms with van der Waals surface area (Å²) in [6.45, 7) is 2.28. The smallest absolute Gasteiger partial charge is 0.0869 e. The predicted molar refractivity (Wildman–Crippen MR) is 54.8 cm³/mol. The van der Waals surface area contributed by atoms with Crippen LogP contribution in [0.3, 0.4) is 0 Å². The maximum absolute atomic E-state index is 5.65. The van der Waals surface area contributed by atoms with Crippen LogP contribution in [0.1, 0.15) is 58.3 Å². The second kappa shape index (κ2) is 4.45. The second-order valence-corrected chi connectivity index (χ2v) is 4.68. The van der Waals surface area contributed by atoms with Crippen LogP contribution in [0.4, 0.5) is 0 Å². The third kappa shape index (κ3) is 2.46. The van der Waals surface area contributed by atoms with Crippen LogP contribution in [-0.2, 0) is 4.74 Å². The Morgan fingerprint density at radius 2 is 2.08 bits per heavy atom. The van der Waals surface area contributed by atoms with Gasteiger partial charge in [-0.3, -0.25) is 0 Å². The monoisotopic (exact) mass is 182 g/mol. The van der Waals surface area contributed by atoms with Crippen molar-refractivity contribution in [1.82, 2.24) is 0 Å². The molecule has 1 nitrogen and oxygen atoms in total. The molecule has 3 atom stereocenters. The van der Waals surface area contributed by atoms with Crippen LogP contribution in [0.5, 0.6) is 0 Å². The summed E-state index contributed by atoms with van der Waals surface area (Å²) in [6, 6.07) is 0. The molecule has 2 aliphatic rings. The summed E-state index contributed by atoms with van der Waals surface area (Å²) in [5.41, 5.74) is 0. The first-order chi connectivity index (χ1) is 6.42. The van der Waals surface area contributed by atoms with E-state index in [9.17, 15) is 0 Å². The fourth-order valence-electron chi connectivity index (χ4n) is 2.69. The summed E-state index contributed by atoms with van der Waals surface area (Å²) in [4.78, 5) is 0. The number of ether oxygens (including phenoxy) is 1. The maximum Gasteiger partial charge on any atom is 0.0869 e. The van der Waals surface area contributed by atoms with Gasteiger partial charge >= 0.3 is 0 Å². The lowest BCUT2D eigenvalue weighted by Gasteiger charge is -2.17. The minimum Gasteiger partial charge on any atom is -0.369 e. The summed E-state index contributed by atoms with van der Waals surface area (Å²) in [7, 11) is 0. The molecule has 0 bridgehead atoms. The van der Waals surface area contributed by atoms with Crippen molar-refractivity contribution in [2.24, 2.45) is 5.92 Å². The van der Waals surface area contributed by atoms with E-state index in [2.05, 4.69) is 6.92 Å². The summed E-state index contributed by atoms with van der Waals surface area (Å²) in [5.74, 6) is 0.926. The first-order valence-corrected chi connectivity index (χ1v) is 6.07. The van der Waals surface area contributed by atoms with Crippen molar-refractivity contribution in [2.45, 2.75) is 70.5 Å². The Hall–Kier alpha value is -0.0400. The van der Waals surface area contributed by atoms with Crippen LogP contribution in [0.25, 0.3) is 0 Å². The van der Waals surface area contributed by atoms with Crippen LogP contribution in [0.15, 0.2) is 0 Å².